The highest BCUT2D eigenvalue weighted by Gasteiger charge is 2.23. The fourth-order valence-electron chi connectivity index (χ4n) is 3.51. The Bertz CT molecular complexity index is 448. The zero-order valence-electron chi connectivity index (χ0n) is 12.7. The van der Waals surface area contributed by atoms with Crippen molar-refractivity contribution in [2.24, 2.45) is 5.92 Å². The van der Waals surface area contributed by atoms with Crippen LogP contribution in [0.1, 0.15) is 38.5 Å². The molecule has 114 valence electrons. The zero-order chi connectivity index (χ0) is 14.5. The van der Waals surface area contributed by atoms with Crippen molar-refractivity contribution in [3.05, 3.63) is 24.4 Å². The van der Waals surface area contributed by atoms with E-state index in [0.717, 1.165) is 50.8 Å². The van der Waals surface area contributed by atoms with Gasteiger partial charge in [0.25, 0.3) is 0 Å². The molecule has 21 heavy (non-hydrogen) atoms. The Morgan fingerprint density at radius 3 is 2.57 bits per heavy atom. The first-order valence-electron chi connectivity index (χ1n) is 8.27. The van der Waals surface area contributed by atoms with E-state index in [0.29, 0.717) is 5.91 Å². The van der Waals surface area contributed by atoms with Crippen LogP contribution in [0.5, 0.6) is 0 Å². The Morgan fingerprint density at radius 2 is 1.90 bits per heavy atom. The third-order valence-electron chi connectivity index (χ3n) is 4.85. The van der Waals surface area contributed by atoms with E-state index >= 15 is 0 Å². The number of hydrogen-bond donors (Lipinski definition) is 0. The average molecular weight is 287 g/mol. The summed E-state index contributed by atoms with van der Waals surface area (Å²) >= 11 is 0. The Hall–Kier alpha value is -1.58. The van der Waals surface area contributed by atoms with Gasteiger partial charge < -0.3 is 9.80 Å². The molecule has 3 rings (SSSR count). The minimum atomic E-state index is 0.350. The van der Waals surface area contributed by atoms with Gasteiger partial charge in [0, 0.05) is 38.8 Å². The van der Waals surface area contributed by atoms with Gasteiger partial charge in [-0.15, -0.1) is 0 Å². The summed E-state index contributed by atoms with van der Waals surface area (Å²) in [5, 5.41) is 0. The molecule has 0 N–H and O–H groups in total. The number of nitrogens with zero attached hydrogens (tertiary/aromatic N) is 3. The lowest BCUT2D eigenvalue weighted by molar-refractivity contribution is -0.131. The van der Waals surface area contributed by atoms with Gasteiger partial charge in [-0.05, 0) is 24.5 Å². The molecule has 0 bridgehead atoms. The summed E-state index contributed by atoms with van der Waals surface area (Å²) < 4.78 is 0. The first kappa shape index (κ1) is 14.4. The van der Waals surface area contributed by atoms with Crippen LogP contribution in [-0.2, 0) is 4.79 Å². The van der Waals surface area contributed by atoms with Crippen molar-refractivity contribution in [1.82, 2.24) is 9.88 Å². The maximum Gasteiger partial charge on any atom is 0.222 e. The second kappa shape index (κ2) is 6.92. The molecule has 0 radical (unpaired) electrons. The molecule has 0 atom stereocenters. The lowest BCUT2D eigenvalue weighted by Gasteiger charge is -2.35. The fourth-order valence-corrected chi connectivity index (χ4v) is 3.51. The molecule has 0 aromatic carbocycles. The van der Waals surface area contributed by atoms with Crippen LogP contribution < -0.4 is 4.90 Å². The van der Waals surface area contributed by atoms with Gasteiger partial charge in [0.2, 0.25) is 5.91 Å². The molecular formula is C17H25N3O. The molecule has 1 saturated heterocycles. The standard InChI is InChI=1S/C17H25N3O/c21-17(9-8-15-5-1-2-6-15)20-13-11-19(12-14-20)16-7-3-4-10-18-16/h3-4,7,10,15H,1-2,5-6,8-9,11-14H2. The quantitative estimate of drug-likeness (QED) is 0.854. The van der Waals surface area contributed by atoms with Crippen LogP contribution in [0, 0.1) is 5.92 Å². The highest BCUT2D eigenvalue weighted by molar-refractivity contribution is 5.76. The SMILES string of the molecule is O=C(CCC1CCCC1)N1CCN(c2ccccn2)CC1. The first-order valence-corrected chi connectivity index (χ1v) is 8.27. The van der Waals surface area contributed by atoms with Crippen molar-refractivity contribution in [1.29, 1.82) is 0 Å². The van der Waals surface area contributed by atoms with Gasteiger partial charge in [0.15, 0.2) is 0 Å². The number of rotatable bonds is 4. The van der Waals surface area contributed by atoms with E-state index < -0.39 is 0 Å². The lowest BCUT2D eigenvalue weighted by atomic mass is 10.0. The molecule has 1 saturated carbocycles. The number of carbonyl (C=O) groups is 1. The number of amides is 1. The zero-order valence-corrected chi connectivity index (χ0v) is 12.7. The van der Waals surface area contributed by atoms with E-state index in [4.69, 9.17) is 0 Å². The summed E-state index contributed by atoms with van der Waals surface area (Å²) in [5.74, 6) is 2.18. The van der Waals surface area contributed by atoms with Gasteiger partial charge in [0.05, 0.1) is 0 Å². The van der Waals surface area contributed by atoms with Crippen molar-refractivity contribution in [3.8, 4) is 0 Å². The number of anilines is 1. The summed E-state index contributed by atoms with van der Waals surface area (Å²) in [4.78, 5) is 21.0. The van der Waals surface area contributed by atoms with Crippen LogP contribution >= 0.6 is 0 Å². The molecule has 4 heteroatoms. The molecule has 0 spiro atoms. The van der Waals surface area contributed by atoms with Gasteiger partial charge in [-0.3, -0.25) is 4.79 Å². The molecule has 1 aromatic heterocycles. The van der Waals surface area contributed by atoms with E-state index in [-0.39, 0.29) is 0 Å². The second-order valence-electron chi connectivity index (χ2n) is 6.24. The second-order valence-corrected chi connectivity index (χ2v) is 6.24. The van der Waals surface area contributed by atoms with Crippen molar-refractivity contribution < 1.29 is 4.79 Å². The predicted molar refractivity (Wildman–Crippen MR) is 84.2 cm³/mol. The van der Waals surface area contributed by atoms with Crippen LogP contribution in [0.25, 0.3) is 0 Å². The summed E-state index contributed by atoms with van der Waals surface area (Å²) in [7, 11) is 0. The third kappa shape index (κ3) is 3.74. The number of aromatic nitrogens is 1. The number of piperazine rings is 1. The van der Waals surface area contributed by atoms with Gasteiger partial charge in [0.1, 0.15) is 5.82 Å². The minimum Gasteiger partial charge on any atom is -0.353 e. The van der Waals surface area contributed by atoms with E-state index in [1.807, 2.05) is 29.3 Å². The fraction of sp³-hybridized carbons (Fsp3) is 0.647. The topological polar surface area (TPSA) is 36.4 Å². The summed E-state index contributed by atoms with van der Waals surface area (Å²) in [6.07, 6.45) is 9.06. The summed E-state index contributed by atoms with van der Waals surface area (Å²) in [5.41, 5.74) is 0. The van der Waals surface area contributed by atoms with E-state index in [1.165, 1.54) is 25.7 Å². The molecule has 2 heterocycles. The van der Waals surface area contributed by atoms with Crippen LogP contribution in [0.3, 0.4) is 0 Å². The van der Waals surface area contributed by atoms with Gasteiger partial charge in [-0.2, -0.15) is 0 Å². The van der Waals surface area contributed by atoms with Gasteiger partial charge in [-0.1, -0.05) is 31.7 Å². The molecule has 1 aliphatic carbocycles. The smallest absolute Gasteiger partial charge is 0.222 e. The van der Waals surface area contributed by atoms with E-state index in [1.54, 1.807) is 0 Å². The monoisotopic (exact) mass is 287 g/mol. The molecule has 4 nitrogen and oxygen atoms in total. The van der Waals surface area contributed by atoms with Crippen molar-refractivity contribution >= 4 is 11.7 Å². The highest BCUT2D eigenvalue weighted by Crippen LogP contribution is 2.28. The molecule has 1 amide bonds. The van der Waals surface area contributed by atoms with Crippen LogP contribution in [0.2, 0.25) is 0 Å². The van der Waals surface area contributed by atoms with Crippen LogP contribution in [0.4, 0.5) is 5.82 Å². The summed E-state index contributed by atoms with van der Waals surface area (Å²) in [6, 6.07) is 5.99. The number of hydrogen-bond acceptors (Lipinski definition) is 3. The van der Waals surface area contributed by atoms with Crippen molar-refractivity contribution in [3.63, 3.8) is 0 Å². The van der Waals surface area contributed by atoms with Gasteiger partial charge in [-0.25, -0.2) is 4.98 Å². The molecular weight excluding hydrogens is 262 g/mol. The van der Waals surface area contributed by atoms with Gasteiger partial charge >= 0.3 is 0 Å². The largest absolute Gasteiger partial charge is 0.353 e. The Labute approximate surface area is 127 Å². The molecule has 2 aliphatic rings. The average Bonchev–Trinajstić information content (AvgIpc) is 3.07. The van der Waals surface area contributed by atoms with Crippen LogP contribution in [0.15, 0.2) is 24.4 Å². The third-order valence-corrected chi connectivity index (χ3v) is 4.85. The Kier molecular flexibility index (Phi) is 4.73. The van der Waals surface area contributed by atoms with E-state index in [2.05, 4.69) is 9.88 Å². The summed E-state index contributed by atoms with van der Waals surface area (Å²) in [6.45, 7) is 3.46. The van der Waals surface area contributed by atoms with Crippen LogP contribution in [-0.4, -0.2) is 42.0 Å². The highest BCUT2D eigenvalue weighted by atomic mass is 16.2. The Balaban J connectivity index is 1.43. The molecule has 2 fully saturated rings. The number of pyridine rings is 1. The lowest BCUT2D eigenvalue weighted by Crippen LogP contribution is -2.49. The van der Waals surface area contributed by atoms with E-state index in [9.17, 15) is 4.79 Å². The predicted octanol–water partition coefficient (Wildman–Crippen LogP) is 2.70. The molecule has 1 aromatic rings. The minimum absolute atomic E-state index is 0.350. The van der Waals surface area contributed by atoms with Crippen molar-refractivity contribution in [2.45, 2.75) is 38.5 Å². The normalized spacial score (nSPS) is 20.0. The maximum atomic E-state index is 12.3. The van der Waals surface area contributed by atoms with Crippen molar-refractivity contribution in [2.75, 3.05) is 31.1 Å². The Morgan fingerprint density at radius 1 is 1.14 bits per heavy atom. The number of carbonyl (C=O) groups excluding carboxylic acids is 1. The molecule has 0 unspecified atom stereocenters. The first-order chi connectivity index (χ1) is 10.3. The maximum absolute atomic E-state index is 12.3. The molecule has 1 aliphatic heterocycles.